The quantitative estimate of drug-likeness (QED) is 0.601. The van der Waals surface area contributed by atoms with E-state index >= 15 is 0 Å². The Labute approximate surface area is 95.1 Å². The van der Waals surface area contributed by atoms with Crippen LogP contribution in [0, 0.1) is 0 Å². The molecule has 0 amide bonds. The van der Waals surface area contributed by atoms with Crippen LogP contribution in [-0.2, 0) is 4.79 Å². The Morgan fingerprint density at radius 3 is 1.27 bits per heavy atom. The van der Waals surface area contributed by atoms with E-state index in [1.807, 2.05) is 0 Å². The Kier molecular flexibility index (Phi) is 17.9. The highest BCUT2D eigenvalue weighted by atomic mass is 16.4. The van der Waals surface area contributed by atoms with E-state index in [2.05, 4.69) is 13.8 Å². The second kappa shape index (κ2) is 15.9. The first kappa shape index (κ1) is 16.9. The zero-order valence-electron chi connectivity index (χ0n) is 10.7. The van der Waals surface area contributed by atoms with Gasteiger partial charge < -0.3 is 5.11 Å². The minimum absolute atomic E-state index is 0.222. The Morgan fingerprint density at radius 1 is 0.800 bits per heavy atom. The van der Waals surface area contributed by atoms with Crippen LogP contribution in [0.4, 0.5) is 0 Å². The molecule has 0 aromatic rings. The number of hydrogen-bond acceptors (Lipinski definition) is 1. The molecule has 0 rings (SSSR count). The number of carboxylic acid groups (broad SMARTS) is 1. The zero-order valence-corrected chi connectivity index (χ0v) is 10.7. The van der Waals surface area contributed by atoms with Crippen molar-refractivity contribution in [3.63, 3.8) is 0 Å². The van der Waals surface area contributed by atoms with Gasteiger partial charge in [-0.15, -0.1) is 0 Å². The fraction of sp³-hybridized carbons (Fsp3) is 0.923. The van der Waals surface area contributed by atoms with Crippen LogP contribution in [0.15, 0.2) is 0 Å². The van der Waals surface area contributed by atoms with Crippen molar-refractivity contribution in [2.75, 3.05) is 0 Å². The lowest BCUT2D eigenvalue weighted by Crippen LogP contribution is -1.86. The SMILES string of the molecule is CCC(=O)O.CCCCCCCCCC. The van der Waals surface area contributed by atoms with Gasteiger partial charge in [0.25, 0.3) is 0 Å². The number of aliphatic carboxylic acids is 1. The van der Waals surface area contributed by atoms with Gasteiger partial charge in [-0.1, -0.05) is 72.1 Å². The molecule has 2 nitrogen and oxygen atoms in total. The van der Waals surface area contributed by atoms with E-state index in [1.165, 1.54) is 51.4 Å². The third-order valence-corrected chi connectivity index (χ3v) is 2.26. The van der Waals surface area contributed by atoms with Crippen molar-refractivity contribution in [1.29, 1.82) is 0 Å². The van der Waals surface area contributed by atoms with E-state index < -0.39 is 5.97 Å². The minimum atomic E-state index is -0.745. The second-order valence-electron chi connectivity index (χ2n) is 3.87. The van der Waals surface area contributed by atoms with E-state index in [0.29, 0.717) is 0 Å². The van der Waals surface area contributed by atoms with Gasteiger partial charge >= 0.3 is 5.97 Å². The molecule has 0 saturated heterocycles. The van der Waals surface area contributed by atoms with Gasteiger partial charge in [0.2, 0.25) is 0 Å². The first-order chi connectivity index (χ1) is 7.18. The van der Waals surface area contributed by atoms with Crippen LogP contribution < -0.4 is 0 Å². The molecular formula is C13H28O2. The number of unbranched alkanes of at least 4 members (excludes halogenated alkanes) is 7. The monoisotopic (exact) mass is 216 g/mol. The summed E-state index contributed by atoms with van der Waals surface area (Å²) in [4.78, 5) is 9.37. The third kappa shape index (κ3) is 24.7. The van der Waals surface area contributed by atoms with Gasteiger partial charge in [0.05, 0.1) is 0 Å². The van der Waals surface area contributed by atoms with Gasteiger partial charge in [0.15, 0.2) is 0 Å². The highest BCUT2D eigenvalue weighted by molar-refractivity contribution is 5.66. The standard InChI is InChI=1S/C10H22.C3H6O2/c1-3-5-7-9-10-8-6-4-2;1-2-3(4)5/h3-10H2,1-2H3;2H2,1H3,(H,4,5). The Morgan fingerprint density at radius 2 is 1.07 bits per heavy atom. The molecular weight excluding hydrogens is 188 g/mol. The van der Waals surface area contributed by atoms with Crippen LogP contribution in [0.25, 0.3) is 0 Å². The highest BCUT2D eigenvalue weighted by Gasteiger charge is 1.87. The largest absolute Gasteiger partial charge is 0.481 e. The summed E-state index contributed by atoms with van der Waals surface area (Å²) >= 11 is 0. The van der Waals surface area contributed by atoms with Crippen LogP contribution in [-0.4, -0.2) is 11.1 Å². The maximum absolute atomic E-state index is 9.37. The lowest BCUT2D eigenvalue weighted by Gasteiger charge is -1.97. The van der Waals surface area contributed by atoms with E-state index in [0.717, 1.165) is 0 Å². The summed E-state index contributed by atoms with van der Waals surface area (Å²) in [6.45, 7) is 6.14. The normalized spacial score (nSPS) is 9.27. The summed E-state index contributed by atoms with van der Waals surface area (Å²) in [6, 6.07) is 0. The van der Waals surface area contributed by atoms with E-state index in [4.69, 9.17) is 5.11 Å². The predicted octanol–water partition coefficient (Wildman–Crippen LogP) is 4.63. The summed E-state index contributed by atoms with van der Waals surface area (Å²) < 4.78 is 0. The van der Waals surface area contributed by atoms with Gasteiger partial charge in [-0.25, -0.2) is 0 Å². The van der Waals surface area contributed by atoms with Crippen molar-refractivity contribution in [3.8, 4) is 0 Å². The van der Waals surface area contributed by atoms with Crippen LogP contribution in [0.1, 0.15) is 78.6 Å². The highest BCUT2D eigenvalue weighted by Crippen LogP contribution is 2.07. The van der Waals surface area contributed by atoms with Gasteiger partial charge in [0.1, 0.15) is 0 Å². The molecule has 0 radical (unpaired) electrons. The molecule has 1 N–H and O–H groups in total. The van der Waals surface area contributed by atoms with Crippen LogP contribution in [0.3, 0.4) is 0 Å². The molecule has 0 fully saturated rings. The fourth-order valence-corrected chi connectivity index (χ4v) is 1.21. The maximum atomic E-state index is 9.37. The summed E-state index contributed by atoms with van der Waals surface area (Å²) in [7, 11) is 0. The summed E-state index contributed by atoms with van der Waals surface area (Å²) in [5.41, 5.74) is 0. The molecule has 0 heterocycles. The zero-order chi connectivity index (χ0) is 11.9. The first-order valence-corrected chi connectivity index (χ1v) is 6.40. The average Bonchev–Trinajstić information content (AvgIpc) is 2.24. The molecule has 0 aliphatic rings. The first-order valence-electron chi connectivity index (χ1n) is 6.40. The molecule has 0 unspecified atom stereocenters. The van der Waals surface area contributed by atoms with Gasteiger partial charge in [0, 0.05) is 6.42 Å². The van der Waals surface area contributed by atoms with E-state index in [9.17, 15) is 4.79 Å². The molecule has 0 spiro atoms. The summed E-state index contributed by atoms with van der Waals surface area (Å²) in [5.74, 6) is -0.745. The molecule has 0 bridgehead atoms. The lowest BCUT2D eigenvalue weighted by atomic mass is 10.1. The molecule has 0 saturated carbocycles. The van der Waals surface area contributed by atoms with Crippen molar-refractivity contribution < 1.29 is 9.90 Å². The molecule has 0 aromatic heterocycles. The molecule has 0 aromatic carbocycles. The summed E-state index contributed by atoms with van der Waals surface area (Å²) in [5, 5.41) is 7.72. The van der Waals surface area contributed by atoms with E-state index in [1.54, 1.807) is 6.92 Å². The maximum Gasteiger partial charge on any atom is 0.303 e. The average molecular weight is 216 g/mol. The van der Waals surface area contributed by atoms with Crippen molar-refractivity contribution in [1.82, 2.24) is 0 Å². The molecule has 0 atom stereocenters. The predicted molar refractivity (Wildman–Crippen MR) is 66.2 cm³/mol. The van der Waals surface area contributed by atoms with Gasteiger partial charge in [-0.05, 0) is 0 Å². The second-order valence-corrected chi connectivity index (χ2v) is 3.87. The molecule has 92 valence electrons. The van der Waals surface area contributed by atoms with Gasteiger partial charge in [-0.3, -0.25) is 4.79 Å². The van der Waals surface area contributed by atoms with Crippen molar-refractivity contribution >= 4 is 5.97 Å². The van der Waals surface area contributed by atoms with Crippen molar-refractivity contribution in [2.24, 2.45) is 0 Å². The third-order valence-electron chi connectivity index (χ3n) is 2.26. The van der Waals surface area contributed by atoms with Crippen LogP contribution in [0.2, 0.25) is 0 Å². The fourth-order valence-electron chi connectivity index (χ4n) is 1.21. The topological polar surface area (TPSA) is 37.3 Å². The van der Waals surface area contributed by atoms with Crippen molar-refractivity contribution in [3.05, 3.63) is 0 Å². The van der Waals surface area contributed by atoms with Crippen LogP contribution >= 0.6 is 0 Å². The number of rotatable bonds is 8. The Balaban J connectivity index is 0. The molecule has 0 aliphatic carbocycles. The Bertz CT molecular complexity index is 114. The smallest absolute Gasteiger partial charge is 0.303 e. The molecule has 0 aliphatic heterocycles. The van der Waals surface area contributed by atoms with Crippen molar-refractivity contribution in [2.45, 2.75) is 78.6 Å². The number of carbonyl (C=O) groups is 1. The van der Waals surface area contributed by atoms with Crippen LogP contribution in [0.5, 0.6) is 0 Å². The number of hydrogen-bond donors (Lipinski definition) is 1. The summed E-state index contributed by atoms with van der Waals surface area (Å²) in [6.07, 6.45) is 11.7. The van der Waals surface area contributed by atoms with E-state index in [-0.39, 0.29) is 6.42 Å². The lowest BCUT2D eigenvalue weighted by molar-refractivity contribution is -0.136. The molecule has 15 heavy (non-hydrogen) atoms. The van der Waals surface area contributed by atoms with Gasteiger partial charge in [-0.2, -0.15) is 0 Å². The number of carboxylic acids is 1. The Hall–Kier alpha value is -0.530. The minimum Gasteiger partial charge on any atom is -0.481 e. The molecule has 2 heteroatoms.